The highest BCUT2D eigenvalue weighted by Crippen LogP contribution is 2.29. The van der Waals surface area contributed by atoms with Crippen molar-refractivity contribution in [1.29, 1.82) is 0 Å². The Morgan fingerprint density at radius 3 is 2.35 bits per heavy atom. The second-order valence-corrected chi connectivity index (χ2v) is 5.10. The standard InChI is InChI=1S/C15H15Cl2NO2/c1-19-13-4-2-3-10(5-13)15(9-18)20-14-7-11(16)6-12(17)8-14/h2-8,15H,9,18H2,1H3. The predicted octanol–water partition coefficient (Wildman–Crippen LogP) is 4.08. The first-order chi connectivity index (χ1) is 9.62. The van der Waals surface area contributed by atoms with Crippen molar-refractivity contribution in [2.24, 2.45) is 5.73 Å². The third-order valence-corrected chi connectivity index (χ3v) is 3.23. The van der Waals surface area contributed by atoms with Gasteiger partial charge in [-0.15, -0.1) is 0 Å². The lowest BCUT2D eigenvalue weighted by Gasteiger charge is -2.18. The maximum Gasteiger partial charge on any atom is 0.136 e. The molecular formula is C15H15Cl2NO2. The van der Waals surface area contributed by atoms with E-state index in [4.69, 9.17) is 38.4 Å². The zero-order valence-corrected chi connectivity index (χ0v) is 12.5. The first-order valence-corrected chi connectivity index (χ1v) is 6.84. The zero-order chi connectivity index (χ0) is 14.5. The first kappa shape index (κ1) is 15.0. The lowest BCUT2D eigenvalue weighted by atomic mass is 10.1. The summed E-state index contributed by atoms with van der Waals surface area (Å²) in [5.74, 6) is 1.34. The second kappa shape index (κ2) is 6.84. The van der Waals surface area contributed by atoms with E-state index in [2.05, 4.69) is 0 Å². The van der Waals surface area contributed by atoms with E-state index in [1.807, 2.05) is 24.3 Å². The molecule has 20 heavy (non-hydrogen) atoms. The van der Waals surface area contributed by atoms with Gasteiger partial charge in [-0.2, -0.15) is 0 Å². The molecule has 0 saturated carbocycles. The number of halogens is 2. The van der Waals surface area contributed by atoms with E-state index >= 15 is 0 Å². The fourth-order valence-corrected chi connectivity index (χ4v) is 2.36. The Morgan fingerprint density at radius 1 is 1.05 bits per heavy atom. The van der Waals surface area contributed by atoms with Crippen LogP contribution in [0.15, 0.2) is 42.5 Å². The average molecular weight is 312 g/mol. The van der Waals surface area contributed by atoms with Crippen molar-refractivity contribution >= 4 is 23.2 Å². The van der Waals surface area contributed by atoms with Crippen molar-refractivity contribution in [3.05, 3.63) is 58.1 Å². The van der Waals surface area contributed by atoms with Crippen LogP contribution < -0.4 is 15.2 Å². The molecule has 0 spiro atoms. The molecule has 0 aromatic heterocycles. The lowest BCUT2D eigenvalue weighted by Crippen LogP contribution is -2.18. The summed E-state index contributed by atoms with van der Waals surface area (Å²) < 4.78 is 11.1. The zero-order valence-electron chi connectivity index (χ0n) is 11.0. The van der Waals surface area contributed by atoms with E-state index in [0.717, 1.165) is 11.3 Å². The molecule has 0 heterocycles. The van der Waals surface area contributed by atoms with E-state index in [1.54, 1.807) is 25.3 Å². The van der Waals surface area contributed by atoms with Crippen LogP contribution in [0.25, 0.3) is 0 Å². The first-order valence-electron chi connectivity index (χ1n) is 6.09. The maximum atomic E-state index is 5.95. The van der Waals surface area contributed by atoms with Gasteiger partial charge in [0.2, 0.25) is 0 Å². The molecule has 106 valence electrons. The molecule has 0 aliphatic carbocycles. The third-order valence-electron chi connectivity index (χ3n) is 2.79. The van der Waals surface area contributed by atoms with Gasteiger partial charge in [0.25, 0.3) is 0 Å². The van der Waals surface area contributed by atoms with Gasteiger partial charge in [0, 0.05) is 16.6 Å². The van der Waals surface area contributed by atoms with Crippen LogP contribution in [0.5, 0.6) is 11.5 Å². The largest absolute Gasteiger partial charge is 0.497 e. The summed E-state index contributed by atoms with van der Waals surface area (Å²) in [4.78, 5) is 0. The molecule has 0 aliphatic heterocycles. The van der Waals surface area contributed by atoms with E-state index in [0.29, 0.717) is 22.3 Å². The summed E-state index contributed by atoms with van der Waals surface area (Å²) >= 11 is 11.9. The van der Waals surface area contributed by atoms with Gasteiger partial charge in [-0.25, -0.2) is 0 Å². The van der Waals surface area contributed by atoms with Gasteiger partial charge in [0.1, 0.15) is 17.6 Å². The van der Waals surface area contributed by atoms with Gasteiger partial charge >= 0.3 is 0 Å². The smallest absolute Gasteiger partial charge is 0.136 e. The van der Waals surface area contributed by atoms with E-state index in [9.17, 15) is 0 Å². The summed E-state index contributed by atoms with van der Waals surface area (Å²) in [5.41, 5.74) is 6.72. The SMILES string of the molecule is COc1cccc(C(CN)Oc2cc(Cl)cc(Cl)c2)c1. The molecule has 1 atom stereocenters. The van der Waals surface area contributed by atoms with Crippen molar-refractivity contribution in [3.63, 3.8) is 0 Å². The van der Waals surface area contributed by atoms with Crippen LogP contribution in [0, 0.1) is 0 Å². The van der Waals surface area contributed by atoms with Crippen LogP contribution in [0.2, 0.25) is 10.0 Å². The molecule has 2 N–H and O–H groups in total. The maximum absolute atomic E-state index is 5.95. The number of hydrogen-bond donors (Lipinski definition) is 1. The summed E-state index contributed by atoms with van der Waals surface area (Å²) in [7, 11) is 1.62. The van der Waals surface area contributed by atoms with Gasteiger partial charge < -0.3 is 15.2 Å². The van der Waals surface area contributed by atoms with Crippen LogP contribution in [0.1, 0.15) is 11.7 Å². The number of ether oxygens (including phenoxy) is 2. The fraction of sp³-hybridized carbons (Fsp3) is 0.200. The number of benzene rings is 2. The van der Waals surface area contributed by atoms with Crippen LogP contribution in [0.3, 0.4) is 0 Å². The lowest BCUT2D eigenvalue weighted by molar-refractivity contribution is 0.214. The molecule has 3 nitrogen and oxygen atoms in total. The highest BCUT2D eigenvalue weighted by Gasteiger charge is 2.13. The van der Waals surface area contributed by atoms with Crippen LogP contribution in [0.4, 0.5) is 0 Å². The van der Waals surface area contributed by atoms with Gasteiger partial charge in [-0.3, -0.25) is 0 Å². The molecule has 2 aromatic rings. The van der Waals surface area contributed by atoms with Gasteiger partial charge in [0.15, 0.2) is 0 Å². The third kappa shape index (κ3) is 3.79. The van der Waals surface area contributed by atoms with Crippen LogP contribution in [-0.4, -0.2) is 13.7 Å². The monoisotopic (exact) mass is 311 g/mol. The molecule has 1 unspecified atom stereocenters. The minimum Gasteiger partial charge on any atom is -0.497 e. The Labute approximate surface area is 128 Å². The number of rotatable bonds is 5. The Kier molecular flexibility index (Phi) is 5.12. The summed E-state index contributed by atoms with van der Waals surface area (Å²) in [5, 5.41) is 1.04. The normalized spacial score (nSPS) is 12.0. The molecule has 2 rings (SSSR count). The van der Waals surface area contributed by atoms with E-state index in [-0.39, 0.29) is 6.10 Å². The minimum atomic E-state index is -0.292. The quantitative estimate of drug-likeness (QED) is 0.904. The predicted molar refractivity (Wildman–Crippen MR) is 81.9 cm³/mol. The fourth-order valence-electron chi connectivity index (χ4n) is 1.85. The van der Waals surface area contributed by atoms with Gasteiger partial charge in [0.05, 0.1) is 7.11 Å². The van der Waals surface area contributed by atoms with Crippen LogP contribution >= 0.6 is 23.2 Å². The summed E-state index contributed by atoms with van der Waals surface area (Å²) in [6.45, 7) is 0.331. The van der Waals surface area contributed by atoms with E-state index < -0.39 is 0 Å². The average Bonchev–Trinajstić information content (AvgIpc) is 2.44. The highest BCUT2D eigenvalue weighted by molar-refractivity contribution is 6.34. The Bertz CT molecular complexity index is 570. The van der Waals surface area contributed by atoms with Gasteiger partial charge in [-0.1, -0.05) is 35.3 Å². The van der Waals surface area contributed by atoms with Crippen molar-refractivity contribution in [1.82, 2.24) is 0 Å². The Hall–Kier alpha value is -1.42. The highest BCUT2D eigenvalue weighted by atomic mass is 35.5. The topological polar surface area (TPSA) is 44.5 Å². The minimum absolute atomic E-state index is 0.292. The molecule has 0 bridgehead atoms. The second-order valence-electron chi connectivity index (χ2n) is 4.22. The molecule has 0 saturated heterocycles. The van der Waals surface area contributed by atoms with E-state index in [1.165, 1.54) is 0 Å². The molecule has 2 aromatic carbocycles. The molecule has 5 heteroatoms. The number of methoxy groups -OCH3 is 1. The van der Waals surface area contributed by atoms with Crippen molar-refractivity contribution in [2.75, 3.05) is 13.7 Å². The molecular weight excluding hydrogens is 297 g/mol. The number of nitrogens with two attached hydrogens (primary N) is 1. The molecule has 0 amide bonds. The van der Waals surface area contributed by atoms with Crippen molar-refractivity contribution in [2.45, 2.75) is 6.10 Å². The van der Waals surface area contributed by atoms with Crippen molar-refractivity contribution in [3.8, 4) is 11.5 Å². The van der Waals surface area contributed by atoms with Crippen LogP contribution in [-0.2, 0) is 0 Å². The Balaban J connectivity index is 2.23. The summed E-state index contributed by atoms with van der Waals surface area (Å²) in [6, 6.07) is 12.7. The van der Waals surface area contributed by atoms with Crippen molar-refractivity contribution < 1.29 is 9.47 Å². The molecule has 0 radical (unpaired) electrons. The molecule has 0 fully saturated rings. The molecule has 0 aliphatic rings. The summed E-state index contributed by atoms with van der Waals surface area (Å²) in [6.07, 6.45) is -0.292. The Morgan fingerprint density at radius 2 is 1.75 bits per heavy atom. The van der Waals surface area contributed by atoms with Gasteiger partial charge in [-0.05, 0) is 35.9 Å². The number of hydrogen-bond acceptors (Lipinski definition) is 3.